The second-order valence-corrected chi connectivity index (χ2v) is 5.79. The molecule has 2 heterocycles. The summed E-state index contributed by atoms with van der Waals surface area (Å²) in [7, 11) is 0. The van der Waals surface area contributed by atoms with Gasteiger partial charge in [0.1, 0.15) is 0 Å². The zero-order valence-electron chi connectivity index (χ0n) is 11.7. The minimum Gasteiger partial charge on any atom is -0.392 e. The van der Waals surface area contributed by atoms with Crippen molar-refractivity contribution in [1.29, 1.82) is 0 Å². The van der Waals surface area contributed by atoms with Gasteiger partial charge in [0.05, 0.1) is 16.5 Å². The van der Waals surface area contributed by atoms with Gasteiger partial charge in [0.2, 0.25) is 0 Å². The molecule has 1 aromatic carbocycles. The van der Waals surface area contributed by atoms with E-state index in [1.807, 2.05) is 35.2 Å². The number of benzene rings is 1. The van der Waals surface area contributed by atoms with Gasteiger partial charge in [0, 0.05) is 23.7 Å². The highest BCUT2D eigenvalue weighted by molar-refractivity contribution is 7.80. The van der Waals surface area contributed by atoms with Gasteiger partial charge in [-0.3, -0.25) is 9.78 Å². The van der Waals surface area contributed by atoms with Crippen LogP contribution in [0.4, 0.5) is 0 Å². The topological polar surface area (TPSA) is 59.2 Å². The number of fused-ring (bicyclic) bond motifs is 1. The van der Waals surface area contributed by atoms with Gasteiger partial charge in [0.25, 0.3) is 5.91 Å². The predicted molar refractivity (Wildman–Crippen MR) is 87.2 cm³/mol. The zero-order valence-corrected chi connectivity index (χ0v) is 12.5. The summed E-state index contributed by atoms with van der Waals surface area (Å²) in [6.07, 6.45) is 4.67. The summed E-state index contributed by atoms with van der Waals surface area (Å²) in [5, 5.41) is 0.965. The number of nitrogens with two attached hydrogens (primary N) is 1. The summed E-state index contributed by atoms with van der Waals surface area (Å²) in [6, 6.07) is 9.29. The van der Waals surface area contributed by atoms with Crippen molar-refractivity contribution >= 4 is 34.0 Å². The van der Waals surface area contributed by atoms with E-state index >= 15 is 0 Å². The van der Waals surface area contributed by atoms with Crippen LogP contribution in [0.2, 0.25) is 0 Å². The number of hydrogen-bond acceptors (Lipinski definition) is 3. The third-order valence-electron chi connectivity index (χ3n) is 3.94. The van der Waals surface area contributed by atoms with Crippen LogP contribution in [-0.2, 0) is 0 Å². The Morgan fingerprint density at radius 2 is 2.19 bits per heavy atom. The molecule has 108 valence electrons. The van der Waals surface area contributed by atoms with E-state index in [4.69, 9.17) is 18.0 Å². The highest BCUT2D eigenvalue weighted by Gasteiger charge is 2.29. The summed E-state index contributed by atoms with van der Waals surface area (Å²) in [5.74, 6) is -0.00162. The monoisotopic (exact) mass is 299 g/mol. The lowest BCUT2D eigenvalue weighted by molar-refractivity contribution is 0.0681. The molecular weight excluding hydrogens is 282 g/mol. The van der Waals surface area contributed by atoms with Crippen LogP contribution in [0.1, 0.15) is 29.6 Å². The second kappa shape index (κ2) is 5.77. The van der Waals surface area contributed by atoms with E-state index in [1.54, 1.807) is 6.20 Å². The molecule has 3 rings (SSSR count). The standard InChI is InChI=1S/C16H17N3OS/c17-15(21)14-5-1-2-9-19(14)16(20)12-6-7-13-11(10-12)4-3-8-18-13/h3-4,6-8,10,14H,1-2,5,9H2,(H2,17,21). The molecule has 1 fully saturated rings. The van der Waals surface area contributed by atoms with E-state index in [1.165, 1.54) is 0 Å². The maximum absolute atomic E-state index is 12.7. The van der Waals surface area contributed by atoms with Crippen molar-refractivity contribution in [1.82, 2.24) is 9.88 Å². The van der Waals surface area contributed by atoms with Crippen LogP contribution in [0.15, 0.2) is 36.5 Å². The minimum atomic E-state index is -0.120. The van der Waals surface area contributed by atoms with Crippen molar-refractivity contribution in [3.05, 3.63) is 42.1 Å². The number of aromatic nitrogens is 1. The lowest BCUT2D eigenvalue weighted by atomic mass is 10.0. The van der Waals surface area contributed by atoms with Gasteiger partial charge in [-0.25, -0.2) is 0 Å². The van der Waals surface area contributed by atoms with Crippen molar-refractivity contribution in [3.63, 3.8) is 0 Å². The summed E-state index contributed by atoms with van der Waals surface area (Å²) in [5.41, 5.74) is 7.34. The van der Waals surface area contributed by atoms with Gasteiger partial charge in [-0.1, -0.05) is 18.3 Å². The number of piperidine rings is 1. The third-order valence-corrected chi connectivity index (χ3v) is 4.21. The van der Waals surface area contributed by atoms with Crippen LogP contribution < -0.4 is 5.73 Å². The van der Waals surface area contributed by atoms with Crippen molar-refractivity contribution in [3.8, 4) is 0 Å². The van der Waals surface area contributed by atoms with Crippen LogP contribution in [0.25, 0.3) is 10.9 Å². The van der Waals surface area contributed by atoms with Gasteiger partial charge >= 0.3 is 0 Å². The Morgan fingerprint density at radius 3 is 3.00 bits per heavy atom. The van der Waals surface area contributed by atoms with Gasteiger partial charge in [-0.05, 0) is 43.5 Å². The Balaban J connectivity index is 1.93. The Labute approximate surface area is 129 Å². The summed E-state index contributed by atoms with van der Waals surface area (Å²) < 4.78 is 0. The zero-order chi connectivity index (χ0) is 14.8. The number of nitrogens with zero attached hydrogens (tertiary/aromatic N) is 2. The molecule has 0 bridgehead atoms. The largest absolute Gasteiger partial charge is 0.392 e. The van der Waals surface area contributed by atoms with E-state index in [2.05, 4.69) is 4.98 Å². The number of hydrogen-bond donors (Lipinski definition) is 1. The number of pyridine rings is 1. The molecule has 2 N–H and O–H groups in total. The smallest absolute Gasteiger partial charge is 0.254 e. The molecular formula is C16H17N3OS. The van der Waals surface area contributed by atoms with E-state index in [0.717, 1.165) is 30.2 Å². The summed E-state index contributed by atoms with van der Waals surface area (Å²) >= 11 is 5.11. The fraction of sp³-hybridized carbons (Fsp3) is 0.312. The summed E-state index contributed by atoms with van der Waals surface area (Å²) in [4.78, 5) is 19.2. The van der Waals surface area contributed by atoms with Gasteiger partial charge < -0.3 is 10.6 Å². The third kappa shape index (κ3) is 2.74. The molecule has 1 aliphatic rings. The molecule has 1 atom stereocenters. The fourth-order valence-corrected chi connectivity index (χ4v) is 3.09. The molecule has 5 heteroatoms. The van der Waals surface area contributed by atoms with Crippen LogP contribution in [-0.4, -0.2) is 33.4 Å². The predicted octanol–water partition coefficient (Wildman–Crippen LogP) is 2.52. The first kappa shape index (κ1) is 13.9. The Morgan fingerprint density at radius 1 is 1.33 bits per heavy atom. The number of carbonyl (C=O) groups excluding carboxylic acids is 1. The highest BCUT2D eigenvalue weighted by Crippen LogP contribution is 2.21. The van der Waals surface area contributed by atoms with E-state index < -0.39 is 0 Å². The first-order chi connectivity index (χ1) is 10.2. The minimum absolute atomic E-state index is 0.00162. The van der Waals surface area contributed by atoms with E-state index in [-0.39, 0.29) is 11.9 Å². The molecule has 1 aromatic heterocycles. The van der Waals surface area contributed by atoms with Gasteiger partial charge in [-0.2, -0.15) is 0 Å². The maximum Gasteiger partial charge on any atom is 0.254 e. The van der Waals surface area contributed by atoms with Crippen molar-refractivity contribution in [2.45, 2.75) is 25.3 Å². The number of amides is 1. The molecule has 4 nitrogen and oxygen atoms in total. The molecule has 1 saturated heterocycles. The average Bonchev–Trinajstić information content (AvgIpc) is 2.53. The van der Waals surface area contributed by atoms with E-state index in [9.17, 15) is 4.79 Å². The normalized spacial score (nSPS) is 18.7. The molecule has 0 aliphatic carbocycles. The van der Waals surface area contributed by atoms with Crippen LogP contribution in [0.5, 0.6) is 0 Å². The molecule has 1 aliphatic heterocycles. The van der Waals surface area contributed by atoms with Crippen molar-refractivity contribution < 1.29 is 4.79 Å². The second-order valence-electron chi connectivity index (χ2n) is 5.32. The van der Waals surface area contributed by atoms with Gasteiger partial charge in [0.15, 0.2) is 0 Å². The lowest BCUT2D eigenvalue weighted by Crippen LogP contribution is -2.49. The van der Waals surface area contributed by atoms with E-state index in [0.29, 0.717) is 17.1 Å². The number of thiocarbonyl (C=S) groups is 1. The first-order valence-electron chi connectivity index (χ1n) is 7.12. The van der Waals surface area contributed by atoms with Gasteiger partial charge in [-0.15, -0.1) is 0 Å². The quantitative estimate of drug-likeness (QED) is 0.866. The molecule has 1 unspecified atom stereocenters. The van der Waals surface area contributed by atoms with Crippen LogP contribution in [0.3, 0.4) is 0 Å². The Bertz CT molecular complexity index is 701. The maximum atomic E-state index is 12.7. The average molecular weight is 299 g/mol. The van der Waals surface area contributed by atoms with Crippen molar-refractivity contribution in [2.24, 2.45) is 5.73 Å². The number of likely N-dealkylation sites (tertiary alicyclic amines) is 1. The Hall–Kier alpha value is -2.01. The fourth-order valence-electron chi connectivity index (χ4n) is 2.84. The van der Waals surface area contributed by atoms with Crippen molar-refractivity contribution in [2.75, 3.05) is 6.54 Å². The number of carbonyl (C=O) groups is 1. The van der Waals surface area contributed by atoms with Crippen LogP contribution in [0, 0.1) is 0 Å². The molecule has 0 radical (unpaired) electrons. The lowest BCUT2D eigenvalue weighted by Gasteiger charge is -2.35. The molecule has 0 saturated carbocycles. The number of rotatable bonds is 2. The summed E-state index contributed by atoms with van der Waals surface area (Å²) in [6.45, 7) is 0.714. The molecule has 21 heavy (non-hydrogen) atoms. The molecule has 0 spiro atoms. The SMILES string of the molecule is NC(=S)C1CCCCN1C(=O)c1ccc2ncccc2c1. The molecule has 2 aromatic rings. The molecule has 1 amide bonds. The highest BCUT2D eigenvalue weighted by atomic mass is 32.1. The Kier molecular flexibility index (Phi) is 3.84. The first-order valence-corrected chi connectivity index (χ1v) is 7.53. The van der Waals surface area contributed by atoms with Crippen LogP contribution >= 0.6 is 12.2 Å².